The molecule has 4 heteroatoms. The normalized spacial score (nSPS) is 30.2. The number of piperidine rings is 1. The fourth-order valence-corrected chi connectivity index (χ4v) is 3.35. The minimum atomic E-state index is -0.183. The fraction of sp³-hybridized carbons (Fsp3) is 0.929. The molecule has 0 radical (unpaired) electrons. The van der Waals surface area contributed by atoms with Gasteiger partial charge in [0.05, 0.1) is 7.11 Å². The SMILES string of the molecule is COC(=O)N1CC(C)CC(NC2CCCCC2)C1. The Morgan fingerprint density at radius 1 is 1.17 bits per heavy atom. The monoisotopic (exact) mass is 254 g/mol. The zero-order valence-electron chi connectivity index (χ0n) is 11.7. The Morgan fingerprint density at radius 3 is 2.56 bits per heavy atom. The Hall–Kier alpha value is -0.770. The van der Waals surface area contributed by atoms with E-state index in [1.54, 1.807) is 0 Å². The van der Waals surface area contributed by atoms with Crippen LogP contribution in [-0.4, -0.2) is 43.3 Å². The number of carbonyl (C=O) groups excluding carboxylic acids is 1. The Bertz CT molecular complexity index is 277. The van der Waals surface area contributed by atoms with Crippen molar-refractivity contribution in [2.45, 2.75) is 57.5 Å². The van der Waals surface area contributed by atoms with Gasteiger partial charge in [0.25, 0.3) is 0 Å². The number of hydrogen-bond acceptors (Lipinski definition) is 3. The molecule has 1 N–H and O–H groups in total. The Balaban J connectivity index is 1.85. The van der Waals surface area contributed by atoms with Gasteiger partial charge in [0.15, 0.2) is 0 Å². The van der Waals surface area contributed by atoms with E-state index in [-0.39, 0.29) is 6.09 Å². The number of ether oxygens (including phenoxy) is 1. The van der Waals surface area contributed by atoms with E-state index in [1.165, 1.54) is 45.6 Å². The summed E-state index contributed by atoms with van der Waals surface area (Å²) in [6.45, 7) is 3.84. The third kappa shape index (κ3) is 3.61. The largest absolute Gasteiger partial charge is 0.453 e. The molecule has 1 saturated heterocycles. The lowest BCUT2D eigenvalue weighted by Crippen LogP contribution is -2.53. The molecule has 2 rings (SSSR count). The van der Waals surface area contributed by atoms with E-state index in [9.17, 15) is 4.79 Å². The highest BCUT2D eigenvalue weighted by atomic mass is 16.5. The van der Waals surface area contributed by atoms with Crippen molar-refractivity contribution >= 4 is 6.09 Å². The average Bonchev–Trinajstić information content (AvgIpc) is 2.38. The van der Waals surface area contributed by atoms with E-state index in [4.69, 9.17) is 4.74 Å². The molecule has 2 fully saturated rings. The van der Waals surface area contributed by atoms with E-state index in [0.717, 1.165) is 13.1 Å². The summed E-state index contributed by atoms with van der Waals surface area (Å²) < 4.78 is 4.84. The van der Waals surface area contributed by atoms with Crippen molar-refractivity contribution in [2.75, 3.05) is 20.2 Å². The maximum atomic E-state index is 11.6. The van der Waals surface area contributed by atoms with E-state index < -0.39 is 0 Å². The summed E-state index contributed by atoms with van der Waals surface area (Å²) in [4.78, 5) is 13.5. The topological polar surface area (TPSA) is 41.6 Å². The smallest absolute Gasteiger partial charge is 0.409 e. The number of rotatable bonds is 2. The summed E-state index contributed by atoms with van der Waals surface area (Å²) >= 11 is 0. The predicted octanol–water partition coefficient (Wildman–Crippen LogP) is 2.39. The van der Waals surface area contributed by atoms with Crippen molar-refractivity contribution in [1.82, 2.24) is 10.2 Å². The summed E-state index contributed by atoms with van der Waals surface area (Å²) in [7, 11) is 1.46. The van der Waals surface area contributed by atoms with Gasteiger partial charge < -0.3 is 15.0 Å². The molecule has 104 valence electrons. The second kappa shape index (κ2) is 6.41. The number of amides is 1. The Labute approximate surface area is 110 Å². The van der Waals surface area contributed by atoms with Crippen molar-refractivity contribution < 1.29 is 9.53 Å². The van der Waals surface area contributed by atoms with Crippen LogP contribution in [0.5, 0.6) is 0 Å². The summed E-state index contributed by atoms with van der Waals surface area (Å²) in [6, 6.07) is 1.10. The number of methoxy groups -OCH3 is 1. The van der Waals surface area contributed by atoms with Gasteiger partial charge in [-0.25, -0.2) is 4.79 Å². The molecule has 2 aliphatic rings. The molecule has 0 aromatic heterocycles. The summed E-state index contributed by atoms with van der Waals surface area (Å²) in [6.07, 6.45) is 7.66. The molecular weight excluding hydrogens is 228 g/mol. The molecule has 1 aliphatic heterocycles. The lowest BCUT2D eigenvalue weighted by atomic mass is 9.91. The van der Waals surface area contributed by atoms with Crippen molar-refractivity contribution in [1.29, 1.82) is 0 Å². The third-order valence-corrected chi connectivity index (χ3v) is 4.17. The number of nitrogens with zero attached hydrogens (tertiary/aromatic N) is 1. The highest BCUT2D eigenvalue weighted by Gasteiger charge is 2.29. The summed E-state index contributed by atoms with van der Waals surface area (Å²) in [5.74, 6) is 0.555. The third-order valence-electron chi connectivity index (χ3n) is 4.17. The maximum absolute atomic E-state index is 11.6. The van der Waals surface area contributed by atoms with Crippen LogP contribution in [-0.2, 0) is 4.74 Å². The van der Waals surface area contributed by atoms with Gasteiger partial charge in [-0.2, -0.15) is 0 Å². The molecule has 1 aliphatic carbocycles. The molecule has 0 spiro atoms. The number of likely N-dealkylation sites (tertiary alicyclic amines) is 1. The van der Waals surface area contributed by atoms with E-state index in [1.807, 2.05) is 4.90 Å². The molecule has 2 atom stereocenters. The van der Waals surface area contributed by atoms with Crippen molar-refractivity contribution in [3.63, 3.8) is 0 Å². The van der Waals surface area contributed by atoms with Crippen LogP contribution < -0.4 is 5.32 Å². The standard InChI is InChI=1S/C14H26N2O2/c1-11-8-13(10-16(9-11)14(17)18-2)15-12-6-4-3-5-7-12/h11-13,15H,3-10H2,1-2H3. The lowest BCUT2D eigenvalue weighted by molar-refractivity contribution is 0.0906. The molecule has 0 bridgehead atoms. The van der Waals surface area contributed by atoms with Gasteiger partial charge in [-0.15, -0.1) is 0 Å². The van der Waals surface area contributed by atoms with Crippen molar-refractivity contribution in [2.24, 2.45) is 5.92 Å². The molecule has 1 saturated carbocycles. The van der Waals surface area contributed by atoms with E-state index in [0.29, 0.717) is 18.0 Å². The number of hydrogen-bond donors (Lipinski definition) is 1. The minimum Gasteiger partial charge on any atom is -0.453 e. The molecule has 1 amide bonds. The molecule has 0 aromatic rings. The van der Waals surface area contributed by atoms with Crippen LogP contribution >= 0.6 is 0 Å². The minimum absolute atomic E-state index is 0.183. The van der Waals surface area contributed by atoms with Gasteiger partial charge in [0.2, 0.25) is 0 Å². The zero-order valence-corrected chi connectivity index (χ0v) is 11.7. The first-order chi connectivity index (χ1) is 8.69. The van der Waals surface area contributed by atoms with Crippen molar-refractivity contribution in [3.05, 3.63) is 0 Å². The first-order valence-electron chi connectivity index (χ1n) is 7.28. The van der Waals surface area contributed by atoms with Crippen LogP contribution in [0.3, 0.4) is 0 Å². The van der Waals surface area contributed by atoms with Crippen LogP contribution in [0.2, 0.25) is 0 Å². The zero-order chi connectivity index (χ0) is 13.0. The first-order valence-corrected chi connectivity index (χ1v) is 7.28. The molecule has 0 aromatic carbocycles. The van der Waals surface area contributed by atoms with Crippen molar-refractivity contribution in [3.8, 4) is 0 Å². The molecular formula is C14H26N2O2. The maximum Gasteiger partial charge on any atom is 0.409 e. The van der Waals surface area contributed by atoms with Gasteiger partial charge in [-0.1, -0.05) is 26.2 Å². The van der Waals surface area contributed by atoms with Crippen LogP contribution in [0.1, 0.15) is 45.4 Å². The van der Waals surface area contributed by atoms with E-state index >= 15 is 0 Å². The van der Waals surface area contributed by atoms with Gasteiger partial charge >= 0.3 is 6.09 Å². The van der Waals surface area contributed by atoms with Gasteiger partial charge in [0, 0.05) is 25.2 Å². The molecule has 1 heterocycles. The van der Waals surface area contributed by atoms with Gasteiger partial charge in [-0.05, 0) is 25.2 Å². The predicted molar refractivity (Wildman–Crippen MR) is 71.6 cm³/mol. The fourth-order valence-electron chi connectivity index (χ4n) is 3.35. The quantitative estimate of drug-likeness (QED) is 0.822. The first kappa shape index (κ1) is 13.7. The average molecular weight is 254 g/mol. The van der Waals surface area contributed by atoms with Crippen LogP contribution in [0.25, 0.3) is 0 Å². The highest BCUT2D eigenvalue weighted by Crippen LogP contribution is 2.22. The number of carbonyl (C=O) groups is 1. The van der Waals surface area contributed by atoms with Crippen LogP contribution in [0.4, 0.5) is 4.79 Å². The van der Waals surface area contributed by atoms with Crippen LogP contribution in [0, 0.1) is 5.92 Å². The van der Waals surface area contributed by atoms with Crippen LogP contribution in [0.15, 0.2) is 0 Å². The van der Waals surface area contributed by atoms with Gasteiger partial charge in [-0.3, -0.25) is 0 Å². The summed E-state index contributed by atoms with van der Waals surface area (Å²) in [5, 5.41) is 3.75. The lowest BCUT2D eigenvalue weighted by Gasteiger charge is -2.38. The summed E-state index contributed by atoms with van der Waals surface area (Å²) in [5.41, 5.74) is 0. The second-order valence-corrected chi connectivity index (χ2v) is 5.91. The Morgan fingerprint density at radius 2 is 1.89 bits per heavy atom. The molecule has 2 unspecified atom stereocenters. The van der Waals surface area contributed by atoms with E-state index in [2.05, 4.69) is 12.2 Å². The number of nitrogens with one attached hydrogen (secondary N) is 1. The second-order valence-electron chi connectivity index (χ2n) is 5.91. The highest BCUT2D eigenvalue weighted by molar-refractivity contribution is 5.67. The molecule has 18 heavy (non-hydrogen) atoms. The Kier molecular flexibility index (Phi) is 4.87. The molecule has 4 nitrogen and oxygen atoms in total. The van der Waals surface area contributed by atoms with Gasteiger partial charge in [0.1, 0.15) is 0 Å².